The van der Waals surface area contributed by atoms with Crippen molar-refractivity contribution in [3.8, 4) is 0 Å². The van der Waals surface area contributed by atoms with Crippen molar-refractivity contribution in [2.45, 2.75) is 99.5 Å². The summed E-state index contributed by atoms with van der Waals surface area (Å²) in [6.07, 6.45) is 11.5. The second-order valence-corrected chi connectivity index (χ2v) is 9.93. The van der Waals surface area contributed by atoms with Gasteiger partial charge in [-0.1, -0.05) is 19.3 Å². The van der Waals surface area contributed by atoms with Gasteiger partial charge in [-0.05, 0) is 56.8 Å². The summed E-state index contributed by atoms with van der Waals surface area (Å²) < 4.78 is 13.8. The minimum atomic E-state index is -0.596. The Morgan fingerprint density at radius 2 is 1.72 bits per heavy atom. The quantitative estimate of drug-likeness (QED) is 0.600. The van der Waals surface area contributed by atoms with Gasteiger partial charge in [0.15, 0.2) is 0 Å². The normalized spacial score (nSPS) is 51.2. The fraction of sp³-hybridized carbons (Fsp3) is 1.00. The highest BCUT2D eigenvalue weighted by Crippen LogP contribution is 2.40. The van der Waals surface area contributed by atoms with Crippen LogP contribution in [0.5, 0.6) is 0 Å². The average Bonchev–Trinajstić information content (AvgIpc) is 3.22. The molecule has 0 bridgehead atoms. The van der Waals surface area contributed by atoms with Crippen LogP contribution in [-0.2, 0) is 0 Å². The lowest BCUT2D eigenvalue weighted by molar-refractivity contribution is 0.0693. The molecule has 3 aliphatic heterocycles. The van der Waals surface area contributed by atoms with Crippen molar-refractivity contribution in [2.75, 3.05) is 0 Å². The summed E-state index contributed by atoms with van der Waals surface area (Å²) in [7, 11) is 0. The van der Waals surface area contributed by atoms with Gasteiger partial charge in [0.25, 0.3) is 0 Å². The summed E-state index contributed by atoms with van der Waals surface area (Å²) >= 11 is 1.93. The van der Waals surface area contributed by atoms with E-state index in [9.17, 15) is 4.39 Å². The van der Waals surface area contributed by atoms with E-state index in [1.54, 1.807) is 0 Å². The lowest BCUT2D eigenvalue weighted by atomic mass is 9.77. The van der Waals surface area contributed by atoms with Gasteiger partial charge in [-0.2, -0.15) is 5.01 Å². The van der Waals surface area contributed by atoms with Crippen LogP contribution in [0.15, 0.2) is 0 Å². The first-order valence-electron chi connectivity index (χ1n) is 10.4. The van der Waals surface area contributed by atoms with Crippen LogP contribution < -0.4 is 21.6 Å². The standard InChI is InChI=1S/C18H32FN5S/c19-13-6-3-5-12(10-13)17-23-24-16(21-22-18(24)25-17)15-9-8-11-4-1-2-7-14(11)20-15/h11-18,20-23H,1-10H2. The number of nitrogens with one attached hydrogen (secondary N) is 4. The third kappa shape index (κ3) is 3.36. The summed E-state index contributed by atoms with van der Waals surface area (Å²) in [5.41, 5.74) is 11.0. The number of piperidine rings is 1. The Kier molecular flexibility index (Phi) is 4.98. The number of hydrazine groups is 2. The molecule has 0 aromatic carbocycles. The van der Waals surface area contributed by atoms with Gasteiger partial charge in [0.2, 0.25) is 0 Å². The van der Waals surface area contributed by atoms with E-state index in [-0.39, 0.29) is 11.7 Å². The predicted octanol–water partition coefficient (Wildman–Crippen LogP) is 2.42. The van der Waals surface area contributed by atoms with Gasteiger partial charge in [-0.25, -0.2) is 20.7 Å². The van der Waals surface area contributed by atoms with E-state index in [1.807, 2.05) is 11.8 Å². The number of rotatable bonds is 2. The van der Waals surface area contributed by atoms with Crippen molar-refractivity contribution < 1.29 is 4.39 Å². The van der Waals surface area contributed by atoms with Crippen LogP contribution in [-0.4, -0.2) is 40.3 Å². The average molecular weight is 370 g/mol. The van der Waals surface area contributed by atoms with Gasteiger partial charge in [-0.3, -0.25) is 0 Å². The fourth-order valence-electron chi connectivity index (χ4n) is 5.73. The molecule has 5 nitrogen and oxygen atoms in total. The van der Waals surface area contributed by atoms with Crippen molar-refractivity contribution in [1.82, 2.24) is 26.6 Å². The molecule has 8 atom stereocenters. The lowest BCUT2D eigenvalue weighted by Crippen LogP contribution is -2.61. The molecule has 0 aromatic heterocycles. The summed E-state index contributed by atoms with van der Waals surface area (Å²) in [5.74, 6) is 1.36. The molecule has 8 unspecified atom stereocenters. The molecule has 4 N–H and O–H groups in total. The van der Waals surface area contributed by atoms with Crippen molar-refractivity contribution in [1.29, 1.82) is 0 Å². The fourth-order valence-corrected chi connectivity index (χ4v) is 7.12. The molecule has 3 heterocycles. The molecule has 0 radical (unpaired) electrons. The summed E-state index contributed by atoms with van der Waals surface area (Å²) in [6.45, 7) is 0. The Morgan fingerprint density at radius 3 is 2.64 bits per heavy atom. The monoisotopic (exact) mass is 369 g/mol. The van der Waals surface area contributed by atoms with Crippen LogP contribution in [0.2, 0.25) is 0 Å². The maximum Gasteiger partial charge on any atom is 0.137 e. The Bertz CT molecular complexity index is 482. The Labute approximate surface area is 154 Å². The highest BCUT2D eigenvalue weighted by molar-refractivity contribution is 8.00. The molecule has 7 heteroatoms. The number of fused-ring (bicyclic) bond motifs is 2. The summed E-state index contributed by atoms with van der Waals surface area (Å²) in [4.78, 5) is 0. The van der Waals surface area contributed by atoms with E-state index in [4.69, 9.17) is 0 Å². The van der Waals surface area contributed by atoms with E-state index < -0.39 is 6.17 Å². The van der Waals surface area contributed by atoms with Crippen LogP contribution >= 0.6 is 11.8 Å². The first kappa shape index (κ1) is 17.2. The lowest BCUT2D eigenvalue weighted by Gasteiger charge is -2.43. The third-order valence-corrected chi connectivity index (χ3v) is 8.49. The first-order valence-corrected chi connectivity index (χ1v) is 11.3. The van der Waals surface area contributed by atoms with Crippen molar-refractivity contribution in [3.05, 3.63) is 0 Å². The van der Waals surface area contributed by atoms with Gasteiger partial charge >= 0.3 is 0 Å². The van der Waals surface area contributed by atoms with E-state index in [2.05, 4.69) is 26.6 Å². The predicted molar refractivity (Wildman–Crippen MR) is 99.0 cm³/mol. The minimum absolute atomic E-state index is 0.265. The summed E-state index contributed by atoms with van der Waals surface area (Å²) in [5, 5.41) is 6.68. The van der Waals surface area contributed by atoms with E-state index in [0.717, 1.165) is 31.6 Å². The molecular formula is C18H32FN5S. The molecule has 5 fully saturated rings. The zero-order valence-electron chi connectivity index (χ0n) is 14.9. The number of hydrogen-bond donors (Lipinski definition) is 4. The molecule has 142 valence electrons. The van der Waals surface area contributed by atoms with Gasteiger partial charge in [0, 0.05) is 12.1 Å². The highest BCUT2D eigenvalue weighted by Gasteiger charge is 2.48. The number of alkyl halides is 1. The molecule has 2 aliphatic carbocycles. The zero-order valence-corrected chi connectivity index (χ0v) is 15.7. The molecule has 5 aliphatic rings. The van der Waals surface area contributed by atoms with E-state index >= 15 is 0 Å². The van der Waals surface area contributed by atoms with Gasteiger partial charge in [-0.15, -0.1) is 11.8 Å². The number of thioether (sulfide) groups is 1. The number of nitrogens with zero attached hydrogens (tertiary/aromatic N) is 1. The first-order chi connectivity index (χ1) is 12.3. The molecule has 2 saturated carbocycles. The van der Waals surface area contributed by atoms with Crippen LogP contribution in [0.1, 0.15) is 64.2 Å². The largest absolute Gasteiger partial charge is 0.308 e. The molecule has 3 saturated heterocycles. The van der Waals surface area contributed by atoms with E-state index in [0.29, 0.717) is 23.4 Å². The SMILES string of the molecule is FC1CCCC(C2NN3C(NNC3C3CCC4CCCCC4N3)S2)C1. The van der Waals surface area contributed by atoms with Crippen molar-refractivity contribution >= 4 is 11.8 Å². The molecular weight excluding hydrogens is 337 g/mol. The van der Waals surface area contributed by atoms with Crippen molar-refractivity contribution in [2.24, 2.45) is 11.8 Å². The third-order valence-electron chi connectivity index (χ3n) is 7.10. The zero-order chi connectivity index (χ0) is 16.8. The minimum Gasteiger partial charge on any atom is -0.308 e. The van der Waals surface area contributed by atoms with Crippen LogP contribution in [0.25, 0.3) is 0 Å². The Morgan fingerprint density at radius 1 is 0.840 bits per heavy atom. The summed E-state index contributed by atoms with van der Waals surface area (Å²) in [6, 6.07) is 1.20. The highest BCUT2D eigenvalue weighted by atomic mass is 32.2. The van der Waals surface area contributed by atoms with Crippen LogP contribution in [0.3, 0.4) is 0 Å². The van der Waals surface area contributed by atoms with Gasteiger partial charge in [0.05, 0.1) is 5.37 Å². The van der Waals surface area contributed by atoms with Crippen LogP contribution in [0.4, 0.5) is 4.39 Å². The van der Waals surface area contributed by atoms with Crippen LogP contribution in [0, 0.1) is 11.8 Å². The smallest absolute Gasteiger partial charge is 0.137 e. The van der Waals surface area contributed by atoms with Gasteiger partial charge < -0.3 is 5.32 Å². The van der Waals surface area contributed by atoms with Crippen molar-refractivity contribution in [3.63, 3.8) is 0 Å². The maximum absolute atomic E-state index is 13.8. The van der Waals surface area contributed by atoms with E-state index in [1.165, 1.54) is 38.5 Å². The number of hydrogen-bond acceptors (Lipinski definition) is 6. The molecule has 0 amide bonds. The Hall–Kier alpha value is 0.0800. The van der Waals surface area contributed by atoms with Gasteiger partial charge in [0.1, 0.15) is 17.8 Å². The molecule has 0 spiro atoms. The Balaban J connectivity index is 1.21. The second-order valence-electron chi connectivity index (χ2n) is 8.70. The molecule has 25 heavy (non-hydrogen) atoms. The maximum atomic E-state index is 13.8. The number of halogens is 1. The topological polar surface area (TPSA) is 51.4 Å². The molecule has 5 rings (SSSR count). The molecule has 0 aromatic rings. The second kappa shape index (κ2) is 7.24.